The van der Waals surface area contributed by atoms with Gasteiger partial charge in [0.1, 0.15) is 0 Å². The number of nitrogens with two attached hydrogens (primary N) is 1. The fraction of sp³-hybridized carbons (Fsp3) is 0.917. The lowest BCUT2D eigenvalue weighted by Gasteiger charge is -2.39. The van der Waals surface area contributed by atoms with E-state index >= 15 is 0 Å². The number of sulfone groups is 1. The van der Waals surface area contributed by atoms with Gasteiger partial charge in [-0.15, -0.1) is 0 Å². The second-order valence-electron chi connectivity index (χ2n) is 5.55. The van der Waals surface area contributed by atoms with Crippen molar-refractivity contribution in [1.29, 1.82) is 0 Å². The molecule has 2 aliphatic rings. The van der Waals surface area contributed by atoms with E-state index in [4.69, 9.17) is 5.73 Å². The van der Waals surface area contributed by atoms with Crippen LogP contribution in [0.3, 0.4) is 0 Å². The molecule has 0 radical (unpaired) electrons. The monoisotopic (exact) mass is 274 g/mol. The topological polar surface area (TPSA) is 80.5 Å². The molecule has 0 spiro atoms. The first kappa shape index (κ1) is 13.8. The van der Waals surface area contributed by atoms with E-state index < -0.39 is 9.84 Å². The normalized spacial score (nSPS) is 33.3. The number of nitrogens with zero attached hydrogens (tertiary/aromatic N) is 1. The SMILES string of the molecule is CC(N)C1CCCCN1C(=O)C1CCS(=O)(=O)C1. The number of rotatable bonds is 2. The molecule has 0 aliphatic carbocycles. The van der Waals surface area contributed by atoms with Crippen LogP contribution in [0.1, 0.15) is 32.6 Å². The maximum Gasteiger partial charge on any atom is 0.227 e. The summed E-state index contributed by atoms with van der Waals surface area (Å²) in [5, 5.41) is 0. The van der Waals surface area contributed by atoms with E-state index in [0.717, 1.165) is 25.8 Å². The maximum atomic E-state index is 12.4. The summed E-state index contributed by atoms with van der Waals surface area (Å²) in [4.78, 5) is 14.2. The van der Waals surface area contributed by atoms with Crippen LogP contribution in [-0.2, 0) is 14.6 Å². The second kappa shape index (κ2) is 5.17. The van der Waals surface area contributed by atoms with Gasteiger partial charge in [-0.1, -0.05) is 0 Å². The summed E-state index contributed by atoms with van der Waals surface area (Å²) in [6.07, 6.45) is 3.50. The predicted octanol–water partition coefficient (Wildman–Crippen LogP) is 0.149. The minimum Gasteiger partial charge on any atom is -0.338 e. The van der Waals surface area contributed by atoms with Crippen LogP contribution in [0.15, 0.2) is 0 Å². The van der Waals surface area contributed by atoms with Crippen molar-refractivity contribution in [3.05, 3.63) is 0 Å². The highest BCUT2D eigenvalue weighted by Crippen LogP contribution is 2.26. The highest BCUT2D eigenvalue weighted by atomic mass is 32.2. The van der Waals surface area contributed by atoms with E-state index in [-0.39, 0.29) is 35.4 Å². The molecule has 2 heterocycles. The van der Waals surface area contributed by atoms with Crippen molar-refractivity contribution in [3.8, 4) is 0 Å². The average Bonchev–Trinajstić information content (AvgIpc) is 2.68. The smallest absolute Gasteiger partial charge is 0.227 e. The van der Waals surface area contributed by atoms with Gasteiger partial charge < -0.3 is 10.6 Å². The van der Waals surface area contributed by atoms with Crippen molar-refractivity contribution < 1.29 is 13.2 Å². The first-order chi connectivity index (χ1) is 8.41. The summed E-state index contributed by atoms with van der Waals surface area (Å²) in [5.41, 5.74) is 5.94. The van der Waals surface area contributed by atoms with Crippen LogP contribution in [0.25, 0.3) is 0 Å². The maximum absolute atomic E-state index is 12.4. The zero-order valence-corrected chi connectivity index (χ0v) is 11.7. The molecule has 5 nitrogen and oxygen atoms in total. The van der Waals surface area contributed by atoms with Crippen LogP contribution in [0.2, 0.25) is 0 Å². The van der Waals surface area contributed by atoms with Crippen molar-refractivity contribution in [2.75, 3.05) is 18.1 Å². The first-order valence-electron chi connectivity index (χ1n) is 6.67. The van der Waals surface area contributed by atoms with Gasteiger partial charge >= 0.3 is 0 Å². The minimum absolute atomic E-state index is 0.00178. The molecule has 0 saturated carbocycles. The number of hydrogen-bond acceptors (Lipinski definition) is 4. The zero-order valence-electron chi connectivity index (χ0n) is 10.8. The van der Waals surface area contributed by atoms with Gasteiger partial charge in [0.25, 0.3) is 0 Å². The fourth-order valence-electron chi connectivity index (χ4n) is 3.00. The van der Waals surface area contributed by atoms with Crippen molar-refractivity contribution >= 4 is 15.7 Å². The van der Waals surface area contributed by atoms with E-state index in [1.807, 2.05) is 11.8 Å². The van der Waals surface area contributed by atoms with Crippen LogP contribution in [0.5, 0.6) is 0 Å². The molecule has 1 amide bonds. The van der Waals surface area contributed by atoms with Gasteiger partial charge in [-0.2, -0.15) is 0 Å². The number of likely N-dealkylation sites (tertiary alicyclic amines) is 1. The molecule has 0 aromatic heterocycles. The summed E-state index contributed by atoms with van der Waals surface area (Å²) in [6, 6.07) is 0.0295. The Balaban J connectivity index is 2.07. The third-order valence-electron chi connectivity index (χ3n) is 4.02. The highest BCUT2D eigenvalue weighted by Gasteiger charge is 2.38. The number of piperidine rings is 1. The van der Waals surface area contributed by atoms with Gasteiger partial charge in [0.05, 0.1) is 17.4 Å². The lowest BCUT2D eigenvalue weighted by atomic mass is 9.94. The molecule has 0 bridgehead atoms. The van der Waals surface area contributed by atoms with Crippen LogP contribution < -0.4 is 5.73 Å². The number of carbonyl (C=O) groups is 1. The Labute approximate surface area is 109 Å². The van der Waals surface area contributed by atoms with Crippen molar-refractivity contribution in [2.24, 2.45) is 11.7 Å². The molecule has 6 heteroatoms. The number of carbonyl (C=O) groups excluding carboxylic acids is 1. The molecule has 2 saturated heterocycles. The van der Waals surface area contributed by atoms with E-state index in [0.29, 0.717) is 6.42 Å². The summed E-state index contributed by atoms with van der Waals surface area (Å²) in [5.74, 6) is -0.166. The van der Waals surface area contributed by atoms with Gasteiger partial charge in [-0.05, 0) is 32.6 Å². The average molecular weight is 274 g/mol. The van der Waals surface area contributed by atoms with E-state index in [9.17, 15) is 13.2 Å². The highest BCUT2D eigenvalue weighted by molar-refractivity contribution is 7.91. The lowest BCUT2D eigenvalue weighted by Crippen LogP contribution is -2.53. The predicted molar refractivity (Wildman–Crippen MR) is 69.8 cm³/mol. The van der Waals surface area contributed by atoms with Crippen LogP contribution >= 0.6 is 0 Å². The summed E-state index contributed by atoms with van der Waals surface area (Å²) < 4.78 is 22.9. The molecule has 2 fully saturated rings. The van der Waals surface area contributed by atoms with E-state index in [2.05, 4.69) is 0 Å². The van der Waals surface area contributed by atoms with Gasteiger partial charge in [0, 0.05) is 18.6 Å². The van der Waals surface area contributed by atoms with Crippen molar-refractivity contribution in [1.82, 2.24) is 4.90 Å². The summed E-state index contributed by atoms with van der Waals surface area (Å²) >= 11 is 0. The van der Waals surface area contributed by atoms with E-state index in [1.165, 1.54) is 0 Å². The zero-order chi connectivity index (χ0) is 13.3. The molecule has 2 N–H and O–H groups in total. The standard InChI is InChI=1S/C12H22N2O3S/c1-9(13)11-4-2-3-6-14(11)12(15)10-5-7-18(16,17)8-10/h9-11H,2-8,13H2,1H3. The first-order valence-corrected chi connectivity index (χ1v) is 8.49. The molecule has 3 atom stereocenters. The molecule has 0 aromatic rings. The second-order valence-corrected chi connectivity index (χ2v) is 7.78. The Hall–Kier alpha value is -0.620. The third-order valence-corrected chi connectivity index (χ3v) is 5.79. The third kappa shape index (κ3) is 2.85. The molecule has 104 valence electrons. The van der Waals surface area contributed by atoms with Gasteiger partial charge in [-0.25, -0.2) is 8.42 Å². The molecule has 2 rings (SSSR count). The molecule has 2 aliphatic heterocycles. The van der Waals surface area contributed by atoms with Crippen LogP contribution in [-0.4, -0.2) is 49.4 Å². The largest absolute Gasteiger partial charge is 0.338 e. The van der Waals surface area contributed by atoms with Crippen LogP contribution in [0.4, 0.5) is 0 Å². The molecule has 18 heavy (non-hydrogen) atoms. The lowest BCUT2D eigenvalue weighted by molar-refractivity contribution is -0.138. The van der Waals surface area contributed by atoms with Gasteiger partial charge in [0.15, 0.2) is 9.84 Å². The number of amides is 1. The molecular formula is C12H22N2O3S. The number of hydrogen-bond donors (Lipinski definition) is 1. The van der Waals surface area contributed by atoms with Gasteiger partial charge in [-0.3, -0.25) is 4.79 Å². The minimum atomic E-state index is -3.00. The Bertz CT molecular complexity index is 419. The summed E-state index contributed by atoms with van der Waals surface area (Å²) in [7, 11) is -3.00. The van der Waals surface area contributed by atoms with Crippen molar-refractivity contribution in [3.63, 3.8) is 0 Å². The van der Waals surface area contributed by atoms with Gasteiger partial charge in [0.2, 0.25) is 5.91 Å². The Morgan fingerprint density at radius 1 is 1.33 bits per heavy atom. The quantitative estimate of drug-likeness (QED) is 0.777. The van der Waals surface area contributed by atoms with Crippen LogP contribution in [0, 0.1) is 5.92 Å². The molecule has 0 aromatic carbocycles. The Morgan fingerprint density at radius 2 is 2.06 bits per heavy atom. The van der Waals surface area contributed by atoms with E-state index in [1.54, 1.807) is 0 Å². The molecule has 3 unspecified atom stereocenters. The Kier molecular flexibility index (Phi) is 3.96. The Morgan fingerprint density at radius 3 is 2.61 bits per heavy atom. The van der Waals surface area contributed by atoms with Crippen molar-refractivity contribution in [2.45, 2.75) is 44.7 Å². The summed E-state index contributed by atoms with van der Waals surface area (Å²) in [6.45, 7) is 2.64. The fourth-order valence-corrected chi connectivity index (χ4v) is 4.73. The molecular weight excluding hydrogens is 252 g/mol.